The van der Waals surface area contributed by atoms with Gasteiger partial charge in [-0.25, -0.2) is 0 Å². The van der Waals surface area contributed by atoms with Crippen LogP contribution in [0.2, 0.25) is 0 Å². The zero-order chi connectivity index (χ0) is 12.9. The first kappa shape index (κ1) is 14.9. The predicted molar refractivity (Wildman–Crippen MR) is 69.8 cm³/mol. The van der Waals surface area contributed by atoms with E-state index < -0.39 is 10.2 Å². The normalized spacial score (nSPS) is 17.0. The molecule has 0 bridgehead atoms. The van der Waals surface area contributed by atoms with Gasteiger partial charge in [-0.1, -0.05) is 6.92 Å². The van der Waals surface area contributed by atoms with Gasteiger partial charge in [0.05, 0.1) is 0 Å². The summed E-state index contributed by atoms with van der Waals surface area (Å²) in [5, 5.41) is 0. The molecular formula is C11H25N3O2S. The Morgan fingerprint density at radius 3 is 2.41 bits per heavy atom. The maximum Gasteiger partial charge on any atom is 0.281 e. The van der Waals surface area contributed by atoms with Crippen LogP contribution in [0.5, 0.6) is 0 Å². The van der Waals surface area contributed by atoms with Crippen molar-refractivity contribution in [2.75, 3.05) is 33.2 Å². The third kappa shape index (κ3) is 4.54. The van der Waals surface area contributed by atoms with Crippen LogP contribution < -0.4 is 5.73 Å². The Labute approximate surface area is 105 Å². The minimum atomic E-state index is -3.28. The second kappa shape index (κ2) is 6.68. The fourth-order valence-corrected chi connectivity index (χ4v) is 3.33. The lowest BCUT2D eigenvalue weighted by atomic mass is 10.4. The van der Waals surface area contributed by atoms with Crippen molar-refractivity contribution in [1.82, 2.24) is 8.61 Å². The van der Waals surface area contributed by atoms with E-state index in [1.165, 1.54) is 17.1 Å². The van der Waals surface area contributed by atoms with Crippen molar-refractivity contribution >= 4 is 10.2 Å². The van der Waals surface area contributed by atoms with Gasteiger partial charge in [0.15, 0.2) is 0 Å². The van der Waals surface area contributed by atoms with E-state index in [0.29, 0.717) is 38.5 Å². The average molecular weight is 263 g/mol. The molecule has 0 aliphatic heterocycles. The lowest BCUT2D eigenvalue weighted by molar-refractivity contribution is 0.347. The molecule has 0 aromatic carbocycles. The smallest absolute Gasteiger partial charge is 0.281 e. The quantitative estimate of drug-likeness (QED) is 0.663. The Bertz CT molecular complexity index is 315. The average Bonchev–Trinajstić information content (AvgIpc) is 3.09. The topological polar surface area (TPSA) is 66.6 Å². The Morgan fingerprint density at radius 1 is 1.29 bits per heavy atom. The summed E-state index contributed by atoms with van der Waals surface area (Å²) in [5.74, 6) is 0.583. The standard InChI is InChI=1S/C11H25N3O2S/c1-3-8-14(10-11-5-6-11)17(15,16)13(2)9-4-7-12/h11H,3-10,12H2,1-2H3. The van der Waals surface area contributed by atoms with Crippen LogP contribution in [0.15, 0.2) is 0 Å². The van der Waals surface area contributed by atoms with E-state index in [2.05, 4.69) is 0 Å². The molecule has 6 heteroatoms. The Balaban J connectivity index is 2.60. The molecule has 1 aliphatic rings. The second-order valence-corrected chi connectivity index (χ2v) is 6.81. The number of hydrogen-bond donors (Lipinski definition) is 1. The number of rotatable bonds is 9. The summed E-state index contributed by atoms with van der Waals surface area (Å²) in [4.78, 5) is 0. The summed E-state index contributed by atoms with van der Waals surface area (Å²) in [6.07, 6.45) is 3.90. The molecular weight excluding hydrogens is 238 g/mol. The molecule has 0 unspecified atom stereocenters. The number of nitrogens with zero attached hydrogens (tertiary/aromatic N) is 2. The minimum absolute atomic E-state index is 0.504. The molecule has 0 radical (unpaired) electrons. The Morgan fingerprint density at radius 2 is 1.94 bits per heavy atom. The summed E-state index contributed by atoms with van der Waals surface area (Å²) in [6, 6.07) is 0. The fraction of sp³-hybridized carbons (Fsp3) is 1.00. The maximum atomic E-state index is 12.3. The maximum absolute atomic E-state index is 12.3. The first-order chi connectivity index (χ1) is 8.02. The van der Waals surface area contributed by atoms with E-state index in [4.69, 9.17) is 5.73 Å². The molecule has 0 heterocycles. The van der Waals surface area contributed by atoms with E-state index in [1.807, 2.05) is 6.92 Å². The van der Waals surface area contributed by atoms with Crippen molar-refractivity contribution in [2.45, 2.75) is 32.6 Å². The molecule has 102 valence electrons. The van der Waals surface area contributed by atoms with Crippen LogP contribution in [0.3, 0.4) is 0 Å². The van der Waals surface area contributed by atoms with Gasteiger partial charge in [0.2, 0.25) is 0 Å². The van der Waals surface area contributed by atoms with Gasteiger partial charge >= 0.3 is 0 Å². The molecule has 0 atom stereocenters. The molecule has 5 nitrogen and oxygen atoms in total. The highest BCUT2D eigenvalue weighted by Gasteiger charge is 2.32. The van der Waals surface area contributed by atoms with E-state index >= 15 is 0 Å². The highest BCUT2D eigenvalue weighted by Crippen LogP contribution is 2.30. The first-order valence-electron chi connectivity index (χ1n) is 6.43. The van der Waals surface area contributed by atoms with Crippen LogP contribution in [-0.4, -0.2) is 50.3 Å². The lowest BCUT2D eigenvalue weighted by Crippen LogP contribution is -2.43. The molecule has 1 rings (SSSR count). The fourth-order valence-electron chi connectivity index (χ4n) is 1.77. The van der Waals surface area contributed by atoms with Gasteiger partial charge in [0.1, 0.15) is 0 Å². The number of hydrogen-bond acceptors (Lipinski definition) is 3. The zero-order valence-corrected chi connectivity index (χ0v) is 11.7. The lowest BCUT2D eigenvalue weighted by Gasteiger charge is -2.27. The van der Waals surface area contributed by atoms with Crippen LogP contribution in [0.4, 0.5) is 0 Å². The van der Waals surface area contributed by atoms with E-state index in [1.54, 1.807) is 11.4 Å². The van der Waals surface area contributed by atoms with Gasteiger partial charge in [0.25, 0.3) is 10.2 Å². The number of nitrogens with two attached hydrogens (primary N) is 1. The van der Waals surface area contributed by atoms with Gasteiger partial charge in [-0.05, 0) is 38.1 Å². The zero-order valence-electron chi connectivity index (χ0n) is 10.9. The van der Waals surface area contributed by atoms with Gasteiger partial charge in [-0.3, -0.25) is 0 Å². The monoisotopic (exact) mass is 263 g/mol. The van der Waals surface area contributed by atoms with E-state index in [0.717, 1.165) is 6.42 Å². The summed E-state index contributed by atoms with van der Waals surface area (Å²) < 4.78 is 27.7. The van der Waals surface area contributed by atoms with Crippen LogP contribution in [0.25, 0.3) is 0 Å². The van der Waals surface area contributed by atoms with Gasteiger partial charge in [0, 0.05) is 26.7 Å². The van der Waals surface area contributed by atoms with E-state index in [-0.39, 0.29) is 0 Å². The molecule has 2 N–H and O–H groups in total. The third-order valence-corrected chi connectivity index (χ3v) is 4.98. The highest BCUT2D eigenvalue weighted by atomic mass is 32.2. The molecule has 1 aliphatic carbocycles. The second-order valence-electron chi connectivity index (χ2n) is 4.77. The van der Waals surface area contributed by atoms with Crippen molar-refractivity contribution < 1.29 is 8.42 Å². The summed E-state index contributed by atoms with van der Waals surface area (Å²) in [6.45, 7) is 4.34. The SMILES string of the molecule is CCCN(CC1CC1)S(=O)(=O)N(C)CCCN. The van der Waals surface area contributed by atoms with Gasteiger partial charge in [-0.2, -0.15) is 17.0 Å². The largest absolute Gasteiger partial charge is 0.330 e. The van der Waals surface area contributed by atoms with Crippen LogP contribution in [0.1, 0.15) is 32.6 Å². The van der Waals surface area contributed by atoms with Crippen LogP contribution in [-0.2, 0) is 10.2 Å². The first-order valence-corrected chi connectivity index (χ1v) is 7.83. The minimum Gasteiger partial charge on any atom is -0.330 e. The van der Waals surface area contributed by atoms with Crippen molar-refractivity contribution in [3.63, 3.8) is 0 Å². The summed E-state index contributed by atoms with van der Waals surface area (Å²) in [5.41, 5.74) is 5.41. The third-order valence-electron chi connectivity index (χ3n) is 3.03. The van der Waals surface area contributed by atoms with Crippen molar-refractivity contribution in [2.24, 2.45) is 11.7 Å². The molecule has 0 spiro atoms. The molecule has 1 fully saturated rings. The summed E-state index contributed by atoms with van der Waals surface area (Å²) >= 11 is 0. The van der Waals surface area contributed by atoms with Crippen LogP contribution >= 0.6 is 0 Å². The van der Waals surface area contributed by atoms with Crippen molar-refractivity contribution in [3.8, 4) is 0 Å². The molecule has 0 saturated heterocycles. The highest BCUT2D eigenvalue weighted by molar-refractivity contribution is 7.86. The van der Waals surface area contributed by atoms with Crippen LogP contribution in [0, 0.1) is 5.92 Å². The van der Waals surface area contributed by atoms with Gasteiger partial charge in [-0.15, -0.1) is 0 Å². The molecule has 0 amide bonds. The summed E-state index contributed by atoms with van der Waals surface area (Å²) in [7, 11) is -1.64. The Hall–Kier alpha value is -0.170. The molecule has 1 saturated carbocycles. The van der Waals surface area contributed by atoms with Crippen molar-refractivity contribution in [3.05, 3.63) is 0 Å². The van der Waals surface area contributed by atoms with E-state index in [9.17, 15) is 8.42 Å². The molecule has 0 aromatic heterocycles. The molecule has 17 heavy (non-hydrogen) atoms. The van der Waals surface area contributed by atoms with Gasteiger partial charge < -0.3 is 5.73 Å². The van der Waals surface area contributed by atoms with Crippen molar-refractivity contribution in [1.29, 1.82) is 0 Å². The molecule has 0 aromatic rings. The Kier molecular flexibility index (Phi) is 5.85. The predicted octanol–water partition coefficient (Wildman–Crippen LogP) is 0.634.